The summed E-state index contributed by atoms with van der Waals surface area (Å²) in [5.74, 6) is 1.31. The number of aromatic nitrogens is 5. The first-order valence-corrected chi connectivity index (χ1v) is 10.6. The molecule has 3 unspecified atom stereocenters. The van der Waals surface area contributed by atoms with E-state index in [9.17, 15) is 4.79 Å². The van der Waals surface area contributed by atoms with Crippen LogP contribution in [-0.4, -0.2) is 54.4 Å². The Bertz CT molecular complexity index is 1090. The van der Waals surface area contributed by atoms with E-state index in [0.717, 1.165) is 30.7 Å². The van der Waals surface area contributed by atoms with Crippen molar-refractivity contribution in [3.63, 3.8) is 0 Å². The second-order valence-corrected chi connectivity index (χ2v) is 8.28. The predicted octanol–water partition coefficient (Wildman–Crippen LogP) is 3.02. The van der Waals surface area contributed by atoms with E-state index in [1.807, 2.05) is 30.9 Å². The second kappa shape index (κ2) is 8.02. The Labute approximate surface area is 180 Å². The average Bonchev–Trinajstić information content (AvgIpc) is 2.81. The van der Waals surface area contributed by atoms with E-state index in [1.54, 1.807) is 30.9 Å². The van der Waals surface area contributed by atoms with Crippen LogP contribution in [0.2, 0.25) is 0 Å². The number of hydrogen-bond acceptors (Lipinski definition) is 7. The van der Waals surface area contributed by atoms with Gasteiger partial charge in [0.1, 0.15) is 11.8 Å². The third-order valence-corrected chi connectivity index (χ3v) is 6.05. The molecule has 3 aromatic heterocycles. The van der Waals surface area contributed by atoms with Crippen molar-refractivity contribution in [2.24, 2.45) is 5.92 Å². The molecule has 31 heavy (non-hydrogen) atoms. The molecule has 1 amide bonds. The minimum atomic E-state index is -0.102. The number of piperidine rings is 2. The maximum atomic E-state index is 13.7. The van der Waals surface area contributed by atoms with E-state index in [-0.39, 0.29) is 18.1 Å². The third-order valence-electron chi connectivity index (χ3n) is 6.05. The van der Waals surface area contributed by atoms with Crippen LogP contribution in [0.1, 0.15) is 41.1 Å². The molecule has 1 aliphatic carbocycles. The summed E-state index contributed by atoms with van der Waals surface area (Å²) in [6.45, 7) is 4.49. The highest BCUT2D eigenvalue weighted by molar-refractivity contribution is 5.98. The fourth-order valence-electron chi connectivity index (χ4n) is 4.56. The molecule has 2 bridgehead atoms. The summed E-state index contributed by atoms with van der Waals surface area (Å²) in [4.78, 5) is 37.5. The number of hydrogen-bond donors (Lipinski definition) is 0. The largest absolute Gasteiger partial charge is 0.471 e. The molecule has 158 valence electrons. The van der Waals surface area contributed by atoms with Gasteiger partial charge in [0.2, 0.25) is 5.88 Å². The molecule has 3 aromatic rings. The summed E-state index contributed by atoms with van der Waals surface area (Å²) >= 11 is 0. The Morgan fingerprint density at radius 2 is 1.87 bits per heavy atom. The zero-order valence-corrected chi connectivity index (χ0v) is 17.6. The van der Waals surface area contributed by atoms with Gasteiger partial charge in [0.05, 0.1) is 29.7 Å². The van der Waals surface area contributed by atoms with Gasteiger partial charge in [-0.1, -0.05) is 0 Å². The molecule has 2 aliphatic heterocycles. The number of carbonyl (C=O) groups excluding carboxylic acids is 1. The summed E-state index contributed by atoms with van der Waals surface area (Å²) in [6, 6.07) is 5.49. The van der Waals surface area contributed by atoms with E-state index >= 15 is 0 Å². The molecular formula is C23H24N6O2. The van der Waals surface area contributed by atoms with Crippen LogP contribution in [0.25, 0.3) is 11.4 Å². The Kier molecular flexibility index (Phi) is 5.05. The number of ether oxygens (including phenoxy) is 1. The smallest absolute Gasteiger partial charge is 0.273 e. The molecule has 0 N–H and O–H groups in total. The number of pyridine rings is 1. The van der Waals surface area contributed by atoms with E-state index in [1.165, 1.54) is 0 Å². The van der Waals surface area contributed by atoms with E-state index in [2.05, 4.69) is 24.9 Å². The molecule has 3 aliphatic rings. The van der Waals surface area contributed by atoms with Gasteiger partial charge >= 0.3 is 0 Å². The monoisotopic (exact) mass is 416 g/mol. The Hall–Kier alpha value is -3.42. The highest BCUT2D eigenvalue weighted by Crippen LogP contribution is 2.38. The van der Waals surface area contributed by atoms with Crippen molar-refractivity contribution in [3.05, 3.63) is 60.1 Å². The zero-order chi connectivity index (χ0) is 21.4. The maximum Gasteiger partial charge on any atom is 0.273 e. The summed E-state index contributed by atoms with van der Waals surface area (Å²) in [5, 5.41) is 0. The van der Waals surface area contributed by atoms with Gasteiger partial charge in [0.15, 0.2) is 5.82 Å². The number of rotatable bonds is 4. The molecule has 6 rings (SSSR count). The molecule has 0 radical (unpaired) electrons. The fraction of sp³-hybridized carbons (Fsp3) is 0.391. The maximum absolute atomic E-state index is 13.7. The molecule has 8 heteroatoms. The van der Waals surface area contributed by atoms with Crippen molar-refractivity contribution >= 4 is 5.91 Å². The summed E-state index contributed by atoms with van der Waals surface area (Å²) in [6.07, 6.45) is 9.51. The molecule has 0 aromatic carbocycles. The summed E-state index contributed by atoms with van der Waals surface area (Å²) < 4.78 is 6.19. The molecule has 3 fully saturated rings. The Morgan fingerprint density at radius 3 is 2.61 bits per heavy atom. The standard InChI is InChI=1S/C23H24N6O2/c1-14-4-6-17(22-24-8-3-9-25-22)21(28-14)23(30)29-13-16-5-7-18(29)19(10-16)31-20-12-26-15(2)11-27-20/h3-4,6,8-9,11-12,16,18-19H,5,7,10,13H2,1-2H3. The minimum Gasteiger partial charge on any atom is -0.471 e. The van der Waals surface area contributed by atoms with Crippen LogP contribution in [0.15, 0.2) is 43.0 Å². The van der Waals surface area contributed by atoms with Crippen molar-refractivity contribution < 1.29 is 9.53 Å². The average molecular weight is 416 g/mol. The Morgan fingerprint density at radius 1 is 1.03 bits per heavy atom. The van der Waals surface area contributed by atoms with Gasteiger partial charge in [-0.2, -0.15) is 0 Å². The summed E-state index contributed by atoms with van der Waals surface area (Å²) in [5.41, 5.74) is 2.68. The number of nitrogens with zero attached hydrogens (tertiary/aromatic N) is 6. The van der Waals surface area contributed by atoms with Crippen LogP contribution < -0.4 is 4.74 Å². The lowest BCUT2D eigenvalue weighted by Crippen LogP contribution is -2.59. The lowest BCUT2D eigenvalue weighted by Gasteiger charge is -2.49. The number of fused-ring (bicyclic) bond motifs is 3. The molecule has 8 nitrogen and oxygen atoms in total. The highest BCUT2D eigenvalue weighted by Gasteiger charge is 2.45. The second-order valence-electron chi connectivity index (χ2n) is 8.28. The van der Waals surface area contributed by atoms with Crippen LogP contribution in [0.3, 0.4) is 0 Å². The normalized spacial score (nSPS) is 22.4. The number of aryl methyl sites for hydroxylation is 2. The topological polar surface area (TPSA) is 94.0 Å². The zero-order valence-electron chi connectivity index (χ0n) is 17.6. The molecule has 5 heterocycles. The van der Waals surface area contributed by atoms with Gasteiger partial charge in [-0.05, 0) is 57.2 Å². The predicted molar refractivity (Wildman–Crippen MR) is 113 cm³/mol. The number of carbonyl (C=O) groups is 1. The molecule has 1 saturated carbocycles. The van der Waals surface area contributed by atoms with E-state index < -0.39 is 0 Å². The van der Waals surface area contributed by atoms with Gasteiger partial charge in [-0.3, -0.25) is 9.78 Å². The third kappa shape index (κ3) is 3.85. The Balaban J connectivity index is 1.44. The highest BCUT2D eigenvalue weighted by atomic mass is 16.5. The number of amides is 1. The van der Waals surface area contributed by atoms with Crippen molar-refractivity contribution in [1.82, 2.24) is 29.8 Å². The molecule has 2 saturated heterocycles. The van der Waals surface area contributed by atoms with Crippen molar-refractivity contribution in [2.75, 3.05) is 6.54 Å². The first-order valence-electron chi connectivity index (χ1n) is 10.6. The van der Waals surface area contributed by atoms with Crippen LogP contribution in [0, 0.1) is 19.8 Å². The molecular weight excluding hydrogens is 392 g/mol. The van der Waals surface area contributed by atoms with Crippen LogP contribution >= 0.6 is 0 Å². The van der Waals surface area contributed by atoms with Gasteiger partial charge in [0, 0.05) is 24.6 Å². The first-order chi connectivity index (χ1) is 15.1. The lowest BCUT2D eigenvalue weighted by atomic mass is 9.77. The summed E-state index contributed by atoms with van der Waals surface area (Å²) in [7, 11) is 0. The SMILES string of the molecule is Cc1cnc(OC2CC3CCC2N(C(=O)c2nc(C)ccc2-c2ncccn2)C3)cn1. The van der Waals surface area contributed by atoms with Crippen LogP contribution in [0.5, 0.6) is 5.88 Å². The minimum absolute atomic E-state index is 0.0209. The van der Waals surface area contributed by atoms with Gasteiger partial charge in [-0.15, -0.1) is 0 Å². The first kappa shape index (κ1) is 19.5. The molecule has 3 atom stereocenters. The van der Waals surface area contributed by atoms with Crippen LogP contribution in [0.4, 0.5) is 0 Å². The van der Waals surface area contributed by atoms with Crippen LogP contribution in [-0.2, 0) is 0 Å². The van der Waals surface area contributed by atoms with E-state index in [0.29, 0.717) is 35.4 Å². The molecule has 0 spiro atoms. The quantitative estimate of drug-likeness (QED) is 0.645. The lowest BCUT2D eigenvalue weighted by molar-refractivity contribution is -0.0317. The van der Waals surface area contributed by atoms with E-state index in [4.69, 9.17) is 4.74 Å². The van der Waals surface area contributed by atoms with Crippen molar-refractivity contribution in [2.45, 2.75) is 45.3 Å². The van der Waals surface area contributed by atoms with Crippen molar-refractivity contribution in [1.29, 1.82) is 0 Å². The van der Waals surface area contributed by atoms with Crippen molar-refractivity contribution in [3.8, 4) is 17.3 Å². The van der Waals surface area contributed by atoms with Gasteiger partial charge in [-0.25, -0.2) is 19.9 Å². The van der Waals surface area contributed by atoms with Gasteiger partial charge < -0.3 is 9.64 Å². The van der Waals surface area contributed by atoms with Gasteiger partial charge in [0.25, 0.3) is 5.91 Å². The fourth-order valence-corrected chi connectivity index (χ4v) is 4.56.